The summed E-state index contributed by atoms with van der Waals surface area (Å²) < 4.78 is 2.91. The van der Waals surface area contributed by atoms with E-state index in [0.717, 1.165) is 11.1 Å². The number of aliphatic hydroxyl groups is 3. The van der Waals surface area contributed by atoms with Crippen LogP contribution in [0, 0.1) is 0 Å². The van der Waals surface area contributed by atoms with Gasteiger partial charge in [0.05, 0.1) is 30.3 Å². The summed E-state index contributed by atoms with van der Waals surface area (Å²) in [5.41, 5.74) is 3.35. The first-order valence-corrected chi connectivity index (χ1v) is 16.1. The third kappa shape index (κ3) is 7.20. The van der Waals surface area contributed by atoms with Crippen molar-refractivity contribution in [2.75, 3.05) is 29.1 Å². The van der Waals surface area contributed by atoms with Crippen molar-refractivity contribution < 1.29 is 24.9 Å². The van der Waals surface area contributed by atoms with Gasteiger partial charge < -0.3 is 35.8 Å². The number of anilines is 3. The Morgan fingerprint density at radius 3 is 2.31 bits per heavy atom. The number of hydrogen-bond acceptors (Lipinski definition) is 12. The van der Waals surface area contributed by atoms with Crippen LogP contribution < -0.4 is 21.3 Å². The maximum absolute atomic E-state index is 12.6. The molecule has 1 saturated carbocycles. The molecular formula is C34H34N12O5. The first-order chi connectivity index (χ1) is 24.9. The average Bonchev–Trinajstić information content (AvgIpc) is 3.87. The van der Waals surface area contributed by atoms with Crippen LogP contribution >= 0.6 is 0 Å². The predicted octanol–water partition coefficient (Wildman–Crippen LogP) is 1.83. The number of aromatic nitrogens is 8. The van der Waals surface area contributed by atoms with Crippen LogP contribution in [0.1, 0.15) is 29.5 Å². The zero-order valence-corrected chi connectivity index (χ0v) is 27.0. The Hall–Kier alpha value is -6.30. The number of carbonyl (C=O) groups is 2. The van der Waals surface area contributed by atoms with Crippen molar-refractivity contribution in [1.82, 2.24) is 44.6 Å². The second kappa shape index (κ2) is 14.7. The number of rotatable bonds is 11. The molecule has 7 N–H and O–H groups in total. The number of carbonyl (C=O) groups excluding carboxylic acids is 2. The average molecular weight is 691 g/mol. The van der Waals surface area contributed by atoms with Crippen molar-refractivity contribution in [3.63, 3.8) is 0 Å². The normalized spacial score (nSPS) is 18.5. The van der Waals surface area contributed by atoms with E-state index in [9.17, 15) is 24.9 Å². The van der Waals surface area contributed by atoms with Crippen molar-refractivity contribution in [1.29, 1.82) is 0 Å². The van der Waals surface area contributed by atoms with Gasteiger partial charge >= 0.3 is 6.03 Å². The Bertz CT molecular complexity index is 2070. The van der Waals surface area contributed by atoms with Gasteiger partial charge in [-0.2, -0.15) is 19.6 Å². The van der Waals surface area contributed by atoms with Gasteiger partial charge in [-0.25, -0.2) is 9.78 Å². The van der Waals surface area contributed by atoms with Gasteiger partial charge in [-0.1, -0.05) is 60.7 Å². The lowest BCUT2D eigenvalue weighted by Crippen LogP contribution is -2.44. The highest BCUT2D eigenvalue weighted by molar-refractivity contribution is 5.98. The van der Waals surface area contributed by atoms with Crippen molar-refractivity contribution in [2.24, 2.45) is 0 Å². The number of pyridine rings is 1. The molecule has 7 rings (SSSR count). The first kappa shape index (κ1) is 33.2. The number of benzene rings is 2. The van der Waals surface area contributed by atoms with E-state index in [1.165, 1.54) is 23.5 Å². The fraction of sp³-hybridized carbons (Fsp3) is 0.235. The third-order valence-electron chi connectivity index (χ3n) is 8.63. The number of hydrogen-bond donors (Lipinski definition) is 7. The summed E-state index contributed by atoms with van der Waals surface area (Å²) in [5, 5.41) is 46.7. The highest BCUT2D eigenvalue weighted by atomic mass is 16.3. The number of aliphatic hydroxyl groups excluding tert-OH is 3. The predicted molar refractivity (Wildman–Crippen MR) is 185 cm³/mol. The van der Waals surface area contributed by atoms with E-state index in [4.69, 9.17) is 9.97 Å². The van der Waals surface area contributed by atoms with Crippen LogP contribution in [0.3, 0.4) is 0 Å². The summed E-state index contributed by atoms with van der Waals surface area (Å²) >= 11 is 0. The third-order valence-corrected chi connectivity index (χ3v) is 8.63. The molecule has 0 spiro atoms. The van der Waals surface area contributed by atoms with Gasteiger partial charge in [-0.3, -0.25) is 15.1 Å². The zero-order valence-electron chi connectivity index (χ0n) is 27.0. The van der Waals surface area contributed by atoms with Crippen molar-refractivity contribution in [2.45, 2.75) is 36.6 Å². The van der Waals surface area contributed by atoms with Crippen LogP contribution in [-0.4, -0.2) is 97.9 Å². The topological polar surface area (TPSA) is 230 Å². The van der Waals surface area contributed by atoms with Crippen LogP contribution in [0.2, 0.25) is 0 Å². The quantitative estimate of drug-likeness (QED) is 0.103. The molecule has 17 heteroatoms. The van der Waals surface area contributed by atoms with Gasteiger partial charge in [0.1, 0.15) is 25.1 Å². The zero-order chi connectivity index (χ0) is 35.3. The van der Waals surface area contributed by atoms with Gasteiger partial charge in [0, 0.05) is 18.7 Å². The highest BCUT2D eigenvalue weighted by Gasteiger charge is 2.44. The molecule has 4 atom stereocenters. The van der Waals surface area contributed by atoms with Crippen LogP contribution in [0.15, 0.2) is 97.8 Å². The maximum Gasteiger partial charge on any atom is 0.326 e. The molecule has 0 aliphatic heterocycles. The second-order valence-corrected chi connectivity index (χ2v) is 11.9. The lowest BCUT2D eigenvalue weighted by atomic mass is 9.91. The smallest absolute Gasteiger partial charge is 0.326 e. The van der Waals surface area contributed by atoms with E-state index < -0.39 is 42.8 Å². The Morgan fingerprint density at radius 1 is 0.882 bits per heavy atom. The van der Waals surface area contributed by atoms with Crippen LogP contribution in [0.25, 0.3) is 17.1 Å². The van der Waals surface area contributed by atoms with E-state index in [1.807, 2.05) is 36.4 Å². The first-order valence-electron chi connectivity index (χ1n) is 16.1. The van der Waals surface area contributed by atoms with E-state index in [1.54, 1.807) is 22.9 Å². The molecule has 0 saturated heterocycles. The summed E-state index contributed by atoms with van der Waals surface area (Å²) in [5.74, 6) is -0.314. The SMILES string of the molecule is O=C(CO)N[C@H]1C[C@@H](n2cnc3c(NCC(c4ccccc4)c4ccccc4)nc(-n4cnc(NC(=O)Nc5cccnc5)n4)nc32)[C@H](O)[C@@H]1O. The van der Waals surface area contributed by atoms with Crippen molar-refractivity contribution in [3.8, 4) is 5.95 Å². The van der Waals surface area contributed by atoms with E-state index >= 15 is 0 Å². The molecule has 6 aromatic rings. The lowest BCUT2D eigenvalue weighted by molar-refractivity contribution is -0.125. The Morgan fingerprint density at radius 2 is 1.63 bits per heavy atom. The van der Waals surface area contributed by atoms with Crippen LogP contribution in [-0.2, 0) is 4.79 Å². The number of amides is 3. The molecule has 4 heterocycles. The Labute approximate surface area is 290 Å². The summed E-state index contributed by atoms with van der Waals surface area (Å²) in [7, 11) is 0. The summed E-state index contributed by atoms with van der Waals surface area (Å²) in [6.07, 6.45) is 3.46. The summed E-state index contributed by atoms with van der Waals surface area (Å²) in [4.78, 5) is 46.8. The maximum atomic E-state index is 12.6. The molecule has 1 aliphatic rings. The molecule has 3 amide bonds. The molecule has 4 aromatic heterocycles. The Kier molecular flexibility index (Phi) is 9.55. The van der Waals surface area contributed by atoms with Crippen molar-refractivity contribution in [3.05, 3.63) is 109 Å². The fourth-order valence-corrected chi connectivity index (χ4v) is 6.17. The van der Waals surface area contributed by atoms with Gasteiger partial charge in [0.15, 0.2) is 17.0 Å². The van der Waals surface area contributed by atoms with Crippen LogP contribution in [0.4, 0.5) is 22.2 Å². The monoisotopic (exact) mass is 690 g/mol. The number of nitrogens with zero attached hydrogens (tertiary/aromatic N) is 8. The Balaban J connectivity index is 1.23. The molecule has 2 aromatic carbocycles. The van der Waals surface area contributed by atoms with Gasteiger partial charge in [-0.15, -0.1) is 5.10 Å². The molecule has 260 valence electrons. The standard InChI is InChI=1S/C34H34N12O5/c47-17-26(48)40-24-14-25(29(50)28(24)49)45-18-37-27-30(36-16-23(20-8-3-1-4-9-20)21-10-5-2-6-11-21)41-33(42-31(27)45)46-19-38-32(44-46)43-34(51)39-22-12-7-13-35-15-22/h1-13,15,18-19,23-25,28-29,47,49-50H,14,16-17H2,(H,40,48)(H,36,41,42)(H2,39,43,44,51)/t24-,25+,28+,29-/m0/s1. The second-order valence-electron chi connectivity index (χ2n) is 11.9. The summed E-state index contributed by atoms with van der Waals surface area (Å²) in [6.45, 7) is -0.332. The fourth-order valence-electron chi connectivity index (χ4n) is 6.17. The van der Waals surface area contributed by atoms with E-state index in [2.05, 4.69) is 65.6 Å². The molecule has 0 bridgehead atoms. The largest absolute Gasteiger partial charge is 0.388 e. The highest BCUT2D eigenvalue weighted by Crippen LogP contribution is 2.35. The molecule has 0 radical (unpaired) electrons. The molecular weight excluding hydrogens is 656 g/mol. The van der Waals surface area contributed by atoms with E-state index in [-0.39, 0.29) is 24.2 Å². The lowest BCUT2D eigenvalue weighted by Gasteiger charge is -2.20. The van der Waals surface area contributed by atoms with Gasteiger partial charge in [0.25, 0.3) is 11.9 Å². The van der Waals surface area contributed by atoms with Gasteiger partial charge in [0.2, 0.25) is 5.91 Å². The van der Waals surface area contributed by atoms with Gasteiger partial charge in [-0.05, 0) is 29.7 Å². The van der Waals surface area contributed by atoms with Crippen LogP contribution in [0.5, 0.6) is 0 Å². The minimum Gasteiger partial charge on any atom is -0.388 e. The number of imidazole rings is 1. The molecule has 1 aliphatic carbocycles. The number of nitrogens with one attached hydrogen (secondary N) is 4. The number of fused-ring (bicyclic) bond motifs is 1. The number of urea groups is 1. The molecule has 1 fully saturated rings. The molecule has 51 heavy (non-hydrogen) atoms. The minimum atomic E-state index is -1.30. The molecule has 17 nitrogen and oxygen atoms in total. The van der Waals surface area contributed by atoms with E-state index in [0.29, 0.717) is 29.2 Å². The molecule has 0 unspecified atom stereocenters. The minimum absolute atomic E-state index is 0.0203. The summed E-state index contributed by atoms with van der Waals surface area (Å²) in [6, 6.07) is 21.3. The van der Waals surface area contributed by atoms with Crippen molar-refractivity contribution >= 4 is 40.6 Å².